The molecular formula is C66H88N16O16. The normalized spacial score (nSPS) is 15.8. The molecular weight excluding hydrogens is 1270 g/mol. The van der Waals surface area contributed by atoms with Crippen LogP contribution >= 0.6 is 0 Å². The third-order valence-corrected chi connectivity index (χ3v) is 16.7. The van der Waals surface area contributed by atoms with Crippen LogP contribution < -0.4 is 70.4 Å². The number of carboxylic acid groups (broad SMARTS) is 1. The molecule has 0 aliphatic carbocycles. The molecule has 0 saturated carbocycles. The smallest absolute Gasteiger partial charge is 0.305 e. The highest BCUT2D eigenvalue weighted by Crippen LogP contribution is 2.24. The van der Waals surface area contributed by atoms with E-state index in [1.165, 1.54) is 11.8 Å². The summed E-state index contributed by atoms with van der Waals surface area (Å²) in [5.41, 5.74) is 19.8. The van der Waals surface area contributed by atoms with Gasteiger partial charge in [-0.3, -0.25) is 67.1 Å². The molecule has 32 heteroatoms. The van der Waals surface area contributed by atoms with Crippen molar-refractivity contribution >= 4 is 105 Å². The average Bonchev–Trinajstić information content (AvgIpc) is 1.58. The number of para-hydroxylation sites is 2. The number of hydrogen-bond donors (Lipinski definition) is 17. The number of amides is 13. The van der Waals surface area contributed by atoms with E-state index in [9.17, 15) is 77.3 Å². The van der Waals surface area contributed by atoms with Crippen molar-refractivity contribution in [3.8, 4) is 0 Å². The van der Waals surface area contributed by atoms with Crippen molar-refractivity contribution in [2.24, 2.45) is 23.1 Å². The van der Waals surface area contributed by atoms with Gasteiger partial charge in [-0.15, -0.1) is 0 Å². The van der Waals surface area contributed by atoms with Crippen LogP contribution in [-0.2, 0) is 86.4 Å². The maximum atomic E-state index is 15.0. The fourth-order valence-corrected chi connectivity index (χ4v) is 11.3. The Bertz CT molecular complexity index is 3690. The molecule has 1 aliphatic rings. The summed E-state index contributed by atoms with van der Waals surface area (Å²) in [4.78, 5) is 196. The van der Waals surface area contributed by atoms with Gasteiger partial charge in [-0.2, -0.15) is 0 Å². The van der Waals surface area contributed by atoms with Crippen molar-refractivity contribution in [2.75, 3.05) is 26.2 Å². The van der Waals surface area contributed by atoms with Crippen LogP contribution in [0.1, 0.15) is 95.8 Å². The largest absolute Gasteiger partial charge is 0.481 e. The van der Waals surface area contributed by atoms with Crippen LogP contribution in [0, 0.1) is 5.92 Å². The van der Waals surface area contributed by atoms with Gasteiger partial charge in [0.05, 0.1) is 26.0 Å². The van der Waals surface area contributed by atoms with Crippen LogP contribution in [0.15, 0.2) is 91.3 Å². The standard InChI is InChI=1S/C66H88N16O16/c1-5-35(2)56(65(97)79-47(26-38-16-7-6-8-17-38)60(92)76-46(57(69)89)30-55(87)88)81-54(86)33-72-64(96)52-23-15-25-82(52)66(98)50(28-40-32-71-44-21-12-10-19-42(40)44)80-58(90)36(3)73-59(91)45(22-13-14-24-67)75-61(93)48(27-39-31-70-43-20-11-9-18-41(39)43)77-62(94)49(29-53(68)85)78-63(95)51(34-83)74-37(4)84/h6-12,16-21,31-32,35-36,45-52,56,70-71,83H,5,13-15,22-30,33-34,67H2,1-4H3,(H2,68,85)(H2,69,89)(H,72,96)(H,73,91)(H,74,84)(H,75,93)(H,76,92)(H,77,94)(H,78,95)(H,79,97)(H,80,90)(H,81,86)(H,87,88)/t35-,36-,45-,46-,47-,48-,49-,50-,51-,52-,56-/m0/s1. The van der Waals surface area contributed by atoms with Crippen molar-refractivity contribution < 1.29 is 77.3 Å². The first kappa shape index (κ1) is 76.3. The number of rotatable bonds is 38. The number of aromatic amines is 2. The Balaban J connectivity index is 1.18. The number of likely N-dealkylation sites (tertiary alicyclic amines) is 1. The lowest BCUT2D eigenvalue weighted by Gasteiger charge is -2.30. The van der Waals surface area contributed by atoms with Gasteiger partial charge in [0.1, 0.15) is 60.4 Å². The van der Waals surface area contributed by atoms with Gasteiger partial charge in [0.2, 0.25) is 76.8 Å². The molecule has 0 unspecified atom stereocenters. The summed E-state index contributed by atoms with van der Waals surface area (Å²) in [5, 5.41) is 45.8. The molecule has 0 radical (unpaired) electrons. The van der Waals surface area contributed by atoms with E-state index in [0.717, 1.165) is 12.3 Å². The Labute approximate surface area is 564 Å². The highest BCUT2D eigenvalue weighted by molar-refractivity contribution is 6.01. The van der Waals surface area contributed by atoms with Gasteiger partial charge in [-0.05, 0) is 80.3 Å². The average molecular weight is 1360 g/mol. The second-order valence-electron chi connectivity index (χ2n) is 24.1. The fourth-order valence-electron chi connectivity index (χ4n) is 11.3. The van der Waals surface area contributed by atoms with Crippen LogP contribution in [-0.4, -0.2) is 195 Å². The number of aromatic nitrogens is 2. The van der Waals surface area contributed by atoms with Crippen LogP contribution in [0.25, 0.3) is 21.8 Å². The summed E-state index contributed by atoms with van der Waals surface area (Å²) < 4.78 is 0. The van der Waals surface area contributed by atoms with Crippen molar-refractivity contribution in [3.05, 3.63) is 108 Å². The number of H-pyrrole nitrogens is 2. The van der Waals surface area contributed by atoms with Gasteiger partial charge in [0.25, 0.3) is 0 Å². The van der Waals surface area contributed by atoms with Gasteiger partial charge in [-0.1, -0.05) is 87.0 Å². The number of nitrogens with zero attached hydrogens (tertiary/aromatic N) is 1. The van der Waals surface area contributed by atoms with Crippen LogP contribution in [0.3, 0.4) is 0 Å². The van der Waals surface area contributed by atoms with Crippen LogP contribution in [0.5, 0.6) is 0 Å². The number of carboxylic acids is 1. The molecule has 6 rings (SSSR count). The Morgan fingerprint density at radius 2 is 1.10 bits per heavy atom. The number of aliphatic hydroxyl groups excluding tert-OH is 1. The summed E-state index contributed by atoms with van der Waals surface area (Å²) in [5.74, 6) is -13.5. The summed E-state index contributed by atoms with van der Waals surface area (Å²) in [7, 11) is 0. The summed E-state index contributed by atoms with van der Waals surface area (Å²) in [6.45, 7) is 4.56. The third-order valence-electron chi connectivity index (χ3n) is 16.7. The van der Waals surface area contributed by atoms with Crippen molar-refractivity contribution in [1.29, 1.82) is 0 Å². The molecule has 1 saturated heterocycles. The van der Waals surface area contributed by atoms with Gasteiger partial charge < -0.3 is 95.4 Å². The number of unbranched alkanes of at least 4 members (excludes halogenated alkanes) is 1. The molecule has 1 aliphatic heterocycles. The molecule has 528 valence electrons. The molecule has 3 aromatic carbocycles. The Morgan fingerprint density at radius 1 is 0.582 bits per heavy atom. The van der Waals surface area contributed by atoms with Gasteiger partial charge in [0.15, 0.2) is 0 Å². The first-order valence-electron chi connectivity index (χ1n) is 32.2. The number of hydrogen-bond acceptors (Lipinski definition) is 16. The molecule has 1 fully saturated rings. The van der Waals surface area contributed by atoms with E-state index in [4.69, 9.17) is 17.2 Å². The highest BCUT2D eigenvalue weighted by atomic mass is 16.4. The number of aliphatic carboxylic acids is 1. The Kier molecular flexibility index (Phi) is 28.7. The third kappa shape index (κ3) is 22.2. The number of aliphatic hydroxyl groups is 1. The lowest BCUT2D eigenvalue weighted by molar-refractivity contribution is -0.142. The summed E-state index contributed by atoms with van der Waals surface area (Å²) in [6.07, 6.45) is 2.70. The minimum absolute atomic E-state index is 0.0337. The van der Waals surface area contributed by atoms with Crippen LogP contribution in [0.4, 0.5) is 0 Å². The van der Waals surface area contributed by atoms with Crippen molar-refractivity contribution in [1.82, 2.24) is 68.0 Å². The molecule has 20 N–H and O–H groups in total. The second-order valence-corrected chi connectivity index (χ2v) is 24.1. The van der Waals surface area contributed by atoms with E-state index in [1.54, 1.807) is 93.0 Å². The SMILES string of the molecule is CC[C@H](C)[C@H](NC(=O)CNC(=O)[C@@H]1CCCN1C(=O)[C@H](Cc1c[nH]c2ccccc12)NC(=O)[C@H](C)NC(=O)[C@H](CCCCN)NC(=O)[C@H](Cc1c[nH]c2ccccc12)NC(=O)[C@H](CC(N)=O)NC(=O)[C@H](CO)NC(C)=O)C(=O)N[C@@H](Cc1ccccc1)C(=O)N[C@@H](CC(=O)O)C(N)=O. The maximum Gasteiger partial charge on any atom is 0.305 e. The number of nitrogens with two attached hydrogens (primary N) is 3. The lowest BCUT2D eigenvalue weighted by atomic mass is 9.97. The van der Waals surface area contributed by atoms with E-state index in [0.29, 0.717) is 52.4 Å². The molecule has 98 heavy (non-hydrogen) atoms. The molecule has 11 atom stereocenters. The fraction of sp³-hybridized carbons (Fsp3) is 0.455. The predicted molar refractivity (Wildman–Crippen MR) is 355 cm³/mol. The van der Waals surface area contributed by atoms with Gasteiger partial charge in [0, 0.05) is 66.9 Å². The minimum Gasteiger partial charge on any atom is -0.481 e. The van der Waals surface area contributed by atoms with E-state index in [2.05, 4.69) is 63.1 Å². The van der Waals surface area contributed by atoms with Gasteiger partial charge >= 0.3 is 5.97 Å². The van der Waals surface area contributed by atoms with Crippen molar-refractivity contribution in [2.45, 2.75) is 159 Å². The predicted octanol–water partition coefficient (Wildman–Crippen LogP) is -2.81. The summed E-state index contributed by atoms with van der Waals surface area (Å²) >= 11 is 0. The number of primary amides is 2. The molecule has 13 amide bonds. The number of nitrogens with one attached hydrogen (secondary N) is 12. The zero-order chi connectivity index (χ0) is 71.8. The number of fused-ring (bicyclic) bond motifs is 2. The monoisotopic (exact) mass is 1360 g/mol. The number of benzene rings is 3. The van der Waals surface area contributed by atoms with E-state index in [1.807, 2.05) is 12.1 Å². The Morgan fingerprint density at radius 3 is 1.67 bits per heavy atom. The summed E-state index contributed by atoms with van der Waals surface area (Å²) in [6, 6.07) is 8.35. The van der Waals surface area contributed by atoms with Gasteiger partial charge in [-0.25, -0.2) is 0 Å². The molecule has 2 aromatic heterocycles. The van der Waals surface area contributed by atoms with Crippen molar-refractivity contribution in [3.63, 3.8) is 0 Å². The van der Waals surface area contributed by atoms with Crippen LogP contribution in [0.2, 0.25) is 0 Å². The quantitative estimate of drug-likeness (QED) is 0.0177. The first-order valence-corrected chi connectivity index (χ1v) is 32.2. The zero-order valence-electron chi connectivity index (χ0n) is 54.9. The Hall–Kier alpha value is -10.8. The molecule has 5 aromatic rings. The molecule has 32 nitrogen and oxygen atoms in total. The highest BCUT2D eigenvalue weighted by Gasteiger charge is 2.40. The molecule has 3 heterocycles. The number of carbonyl (C=O) groups excluding carboxylic acids is 13. The zero-order valence-corrected chi connectivity index (χ0v) is 54.9. The van der Waals surface area contributed by atoms with E-state index >= 15 is 0 Å². The minimum atomic E-state index is -1.72. The topological polar surface area (TPSA) is 513 Å². The number of carbonyl (C=O) groups is 14. The second kappa shape index (κ2) is 36.9. The van der Waals surface area contributed by atoms with E-state index < -0.39 is 175 Å². The lowest BCUT2D eigenvalue weighted by Crippen LogP contribution is -2.60. The molecule has 0 spiro atoms. The van der Waals surface area contributed by atoms with E-state index in [-0.39, 0.29) is 51.6 Å². The first-order chi connectivity index (χ1) is 46.7. The molecule has 0 bridgehead atoms. The maximum absolute atomic E-state index is 15.0.